The molecule has 6 nitrogen and oxygen atoms in total. The van der Waals surface area contributed by atoms with Gasteiger partial charge in [0, 0.05) is 26.2 Å². The zero-order valence-corrected chi connectivity index (χ0v) is 11.7. The average molecular weight is 306 g/mol. The molecular formula is C12H17F3N4O2. The van der Waals surface area contributed by atoms with Crippen LogP contribution in [-0.2, 0) is 10.9 Å². The highest BCUT2D eigenvalue weighted by Crippen LogP contribution is 2.31. The third-order valence-electron chi connectivity index (χ3n) is 3.08. The number of nitrogens with one attached hydrogen (secondary N) is 1. The SMILES string of the molecule is CNc1nc(N2CC(C)OC(CO)C2)cc(C(F)(F)F)n1. The molecule has 1 saturated heterocycles. The Morgan fingerprint density at radius 3 is 2.71 bits per heavy atom. The van der Waals surface area contributed by atoms with E-state index in [-0.39, 0.29) is 31.0 Å². The smallest absolute Gasteiger partial charge is 0.394 e. The van der Waals surface area contributed by atoms with Gasteiger partial charge < -0.3 is 20.1 Å². The third-order valence-corrected chi connectivity index (χ3v) is 3.08. The molecule has 0 aromatic carbocycles. The van der Waals surface area contributed by atoms with E-state index < -0.39 is 18.0 Å². The van der Waals surface area contributed by atoms with E-state index in [0.717, 1.165) is 6.07 Å². The van der Waals surface area contributed by atoms with Crippen LogP contribution in [0.25, 0.3) is 0 Å². The van der Waals surface area contributed by atoms with E-state index in [0.29, 0.717) is 6.54 Å². The van der Waals surface area contributed by atoms with Crippen molar-refractivity contribution in [1.82, 2.24) is 9.97 Å². The van der Waals surface area contributed by atoms with Crippen LogP contribution in [0.15, 0.2) is 6.07 Å². The highest BCUT2D eigenvalue weighted by molar-refractivity contribution is 5.46. The molecule has 2 heterocycles. The van der Waals surface area contributed by atoms with Gasteiger partial charge in [-0.05, 0) is 6.92 Å². The summed E-state index contributed by atoms with van der Waals surface area (Å²) in [5.41, 5.74) is -1.00. The molecule has 1 fully saturated rings. The van der Waals surface area contributed by atoms with Gasteiger partial charge in [0.2, 0.25) is 5.95 Å². The molecular weight excluding hydrogens is 289 g/mol. The van der Waals surface area contributed by atoms with Crippen molar-refractivity contribution in [3.05, 3.63) is 11.8 Å². The summed E-state index contributed by atoms with van der Waals surface area (Å²) in [6.07, 6.45) is -5.20. The fraction of sp³-hybridized carbons (Fsp3) is 0.667. The van der Waals surface area contributed by atoms with Crippen LogP contribution < -0.4 is 10.2 Å². The van der Waals surface area contributed by atoms with Gasteiger partial charge in [-0.1, -0.05) is 0 Å². The van der Waals surface area contributed by atoms with Gasteiger partial charge in [-0.15, -0.1) is 0 Å². The summed E-state index contributed by atoms with van der Waals surface area (Å²) in [6.45, 7) is 2.27. The summed E-state index contributed by atoms with van der Waals surface area (Å²) in [4.78, 5) is 9.14. The van der Waals surface area contributed by atoms with E-state index in [2.05, 4.69) is 15.3 Å². The van der Waals surface area contributed by atoms with Crippen LogP contribution in [0.3, 0.4) is 0 Å². The molecule has 1 aliphatic heterocycles. The predicted octanol–water partition coefficient (Wildman–Crippen LogP) is 1.12. The van der Waals surface area contributed by atoms with Crippen molar-refractivity contribution in [1.29, 1.82) is 0 Å². The van der Waals surface area contributed by atoms with Crippen LogP contribution in [0.2, 0.25) is 0 Å². The molecule has 0 aliphatic carbocycles. The Morgan fingerprint density at radius 1 is 1.43 bits per heavy atom. The Morgan fingerprint density at radius 2 is 2.14 bits per heavy atom. The largest absolute Gasteiger partial charge is 0.433 e. The third kappa shape index (κ3) is 3.73. The van der Waals surface area contributed by atoms with Gasteiger partial charge in [-0.3, -0.25) is 0 Å². The van der Waals surface area contributed by atoms with Crippen molar-refractivity contribution < 1.29 is 23.0 Å². The maximum Gasteiger partial charge on any atom is 0.433 e. The van der Waals surface area contributed by atoms with Gasteiger partial charge in [0.05, 0.1) is 18.8 Å². The Balaban J connectivity index is 2.33. The summed E-state index contributed by atoms with van der Waals surface area (Å²) >= 11 is 0. The number of aliphatic hydroxyl groups is 1. The minimum absolute atomic E-state index is 0.0977. The summed E-state index contributed by atoms with van der Waals surface area (Å²) < 4.78 is 44.1. The van der Waals surface area contributed by atoms with Crippen LogP contribution in [-0.4, -0.2) is 54.0 Å². The zero-order chi connectivity index (χ0) is 15.6. The molecule has 9 heteroatoms. The molecule has 2 unspecified atom stereocenters. The fourth-order valence-electron chi connectivity index (χ4n) is 2.19. The number of morpholine rings is 1. The summed E-state index contributed by atoms with van der Waals surface area (Å²) in [7, 11) is 1.46. The van der Waals surface area contributed by atoms with E-state index in [1.807, 2.05) is 0 Å². The van der Waals surface area contributed by atoms with E-state index in [4.69, 9.17) is 4.74 Å². The minimum Gasteiger partial charge on any atom is -0.394 e. The van der Waals surface area contributed by atoms with Crippen molar-refractivity contribution in [2.75, 3.05) is 37.0 Å². The van der Waals surface area contributed by atoms with E-state index >= 15 is 0 Å². The number of anilines is 2. The van der Waals surface area contributed by atoms with Crippen molar-refractivity contribution in [3.63, 3.8) is 0 Å². The van der Waals surface area contributed by atoms with E-state index in [1.165, 1.54) is 7.05 Å². The number of aromatic nitrogens is 2. The van der Waals surface area contributed by atoms with Crippen LogP contribution in [0, 0.1) is 0 Å². The second kappa shape index (κ2) is 6.02. The second-order valence-corrected chi connectivity index (χ2v) is 4.84. The number of hydrogen-bond acceptors (Lipinski definition) is 6. The van der Waals surface area contributed by atoms with Gasteiger partial charge in [0.25, 0.3) is 0 Å². The Kier molecular flexibility index (Phi) is 4.52. The standard InChI is InChI=1S/C12H17F3N4O2/c1-7-4-19(5-8(6-20)21-7)10-3-9(12(13,14)15)17-11(16-2)18-10/h3,7-8,20H,4-6H2,1-2H3,(H,16,17,18). The van der Waals surface area contributed by atoms with Crippen molar-refractivity contribution in [2.45, 2.75) is 25.3 Å². The molecule has 1 aromatic heterocycles. The highest BCUT2D eigenvalue weighted by atomic mass is 19.4. The number of nitrogens with zero attached hydrogens (tertiary/aromatic N) is 3. The quantitative estimate of drug-likeness (QED) is 0.872. The van der Waals surface area contributed by atoms with Crippen molar-refractivity contribution in [3.8, 4) is 0 Å². The summed E-state index contributed by atoms with van der Waals surface area (Å²) in [5, 5.41) is 11.7. The lowest BCUT2D eigenvalue weighted by molar-refractivity contribution is -0.141. The topological polar surface area (TPSA) is 70.5 Å². The van der Waals surface area contributed by atoms with Crippen molar-refractivity contribution in [2.24, 2.45) is 0 Å². The maximum atomic E-state index is 12.9. The first-order chi connectivity index (χ1) is 9.83. The molecule has 21 heavy (non-hydrogen) atoms. The molecule has 0 saturated carbocycles. The molecule has 0 amide bonds. The second-order valence-electron chi connectivity index (χ2n) is 4.84. The van der Waals surface area contributed by atoms with E-state index in [9.17, 15) is 18.3 Å². The lowest BCUT2D eigenvalue weighted by Gasteiger charge is -2.37. The molecule has 2 rings (SSSR count). The zero-order valence-electron chi connectivity index (χ0n) is 11.7. The number of halogens is 3. The maximum absolute atomic E-state index is 12.9. The first kappa shape index (κ1) is 15.8. The van der Waals surface area contributed by atoms with Crippen molar-refractivity contribution >= 4 is 11.8 Å². The van der Waals surface area contributed by atoms with Gasteiger partial charge >= 0.3 is 6.18 Å². The monoisotopic (exact) mass is 306 g/mol. The summed E-state index contributed by atoms with van der Waals surface area (Å²) in [6, 6.07) is 0.910. The van der Waals surface area contributed by atoms with Crippen LogP contribution in [0.4, 0.5) is 24.9 Å². The average Bonchev–Trinajstić information content (AvgIpc) is 2.45. The molecule has 1 aromatic rings. The fourth-order valence-corrected chi connectivity index (χ4v) is 2.19. The normalized spacial score (nSPS) is 23.2. The number of aliphatic hydroxyl groups excluding tert-OH is 1. The van der Waals surface area contributed by atoms with Gasteiger partial charge in [0.15, 0.2) is 5.69 Å². The molecule has 0 spiro atoms. The van der Waals surface area contributed by atoms with Crippen LogP contribution in [0.5, 0.6) is 0 Å². The molecule has 2 atom stereocenters. The van der Waals surface area contributed by atoms with E-state index in [1.54, 1.807) is 11.8 Å². The molecule has 0 radical (unpaired) electrons. The number of ether oxygens (including phenoxy) is 1. The Hall–Kier alpha value is -1.61. The number of hydrogen-bond donors (Lipinski definition) is 2. The lowest BCUT2D eigenvalue weighted by atomic mass is 10.2. The van der Waals surface area contributed by atoms with Gasteiger partial charge in [0.1, 0.15) is 5.82 Å². The molecule has 2 N–H and O–H groups in total. The van der Waals surface area contributed by atoms with Crippen LogP contribution in [0.1, 0.15) is 12.6 Å². The first-order valence-electron chi connectivity index (χ1n) is 6.48. The van der Waals surface area contributed by atoms with Gasteiger partial charge in [-0.2, -0.15) is 18.2 Å². The van der Waals surface area contributed by atoms with Gasteiger partial charge in [-0.25, -0.2) is 4.98 Å². The molecule has 118 valence electrons. The van der Waals surface area contributed by atoms with Crippen LogP contribution >= 0.6 is 0 Å². The molecule has 0 bridgehead atoms. The Bertz CT molecular complexity index is 498. The number of alkyl halides is 3. The highest BCUT2D eigenvalue weighted by Gasteiger charge is 2.35. The number of rotatable bonds is 3. The Labute approximate surface area is 119 Å². The first-order valence-corrected chi connectivity index (χ1v) is 6.48. The minimum atomic E-state index is -4.54. The predicted molar refractivity (Wildman–Crippen MR) is 70.2 cm³/mol. The lowest BCUT2D eigenvalue weighted by Crippen LogP contribution is -2.48. The summed E-state index contributed by atoms with van der Waals surface area (Å²) in [5.74, 6) is 0.0646. The molecule has 1 aliphatic rings.